The minimum Gasteiger partial charge on any atom is -0.469 e. The van der Waals surface area contributed by atoms with Crippen LogP contribution in [0.3, 0.4) is 0 Å². The predicted octanol–water partition coefficient (Wildman–Crippen LogP) is 2.58. The van der Waals surface area contributed by atoms with Crippen molar-refractivity contribution in [2.24, 2.45) is 5.92 Å². The van der Waals surface area contributed by atoms with Gasteiger partial charge in [-0.15, -0.1) is 0 Å². The Bertz CT molecular complexity index is 477. The number of rotatable bonds is 4. The molecular weight excluding hydrogens is 268 g/mol. The molecule has 0 saturated heterocycles. The molecule has 0 bridgehead atoms. The number of hydrogen-bond acceptors (Lipinski definition) is 3. The number of carbonyl (C=O) groups excluding carboxylic acids is 2. The highest BCUT2D eigenvalue weighted by molar-refractivity contribution is 6.31. The van der Waals surface area contributed by atoms with E-state index in [1.54, 1.807) is 19.1 Å². The SMILES string of the molecule is COC(=O)[C@@H](C)CNC(=O)Nc1cc(Cl)ccc1C. The van der Waals surface area contributed by atoms with E-state index >= 15 is 0 Å². The highest BCUT2D eigenvalue weighted by Crippen LogP contribution is 2.19. The van der Waals surface area contributed by atoms with E-state index in [1.807, 2.05) is 13.0 Å². The summed E-state index contributed by atoms with van der Waals surface area (Å²) < 4.78 is 4.57. The zero-order valence-electron chi connectivity index (χ0n) is 11.1. The Morgan fingerprint density at radius 2 is 2.11 bits per heavy atom. The van der Waals surface area contributed by atoms with E-state index in [0.29, 0.717) is 10.7 Å². The molecule has 0 spiro atoms. The van der Waals surface area contributed by atoms with Crippen LogP contribution in [0.1, 0.15) is 12.5 Å². The molecular formula is C13H17ClN2O3. The summed E-state index contributed by atoms with van der Waals surface area (Å²) >= 11 is 5.86. The Hall–Kier alpha value is -1.75. The number of urea groups is 1. The molecule has 1 rings (SSSR count). The maximum atomic E-state index is 11.7. The van der Waals surface area contributed by atoms with E-state index in [4.69, 9.17) is 11.6 Å². The van der Waals surface area contributed by atoms with Crippen LogP contribution in [0.2, 0.25) is 5.02 Å². The van der Waals surface area contributed by atoms with E-state index in [1.165, 1.54) is 7.11 Å². The Morgan fingerprint density at radius 1 is 1.42 bits per heavy atom. The molecule has 0 unspecified atom stereocenters. The van der Waals surface area contributed by atoms with Crippen molar-refractivity contribution < 1.29 is 14.3 Å². The van der Waals surface area contributed by atoms with Gasteiger partial charge in [0.05, 0.1) is 13.0 Å². The highest BCUT2D eigenvalue weighted by atomic mass is 35.5. The van der Waals surface area contributed by atoms with Gasteiger partial charge in [-0.2, -0.15) is 0 Å². The first-order valence-electron chi connectivity index (χ1n) is 5.83. The number of nitrogens with one attached hydrogen (secondary N) is 2. The molecule has 0 aliphatic heterocycles. The highest BCUT2D eigenvalue weighted by Gasteiger charge is 2.14. The lowest BCUT2D eigenvalue weighted by atomic mass is 10.2. The van der Waals surface area contributed by atoms with Crippen LogP contribution in [0.15, 0.2) is 18.2 Å². The van der Waals surface area contributed by atoms with Gasteiger partial charge in [0.25, 0.3) is 0 Å². The van der Waals surface area contributed by atoms with Crippen LogP contribution in [0.25, 0.3) is 0 Å². The largest absolute Gasteiger partial charge is 0.469 e. The fraction of sp³-hybridized carbons (Fsp3) is 0.385. The van der Waals surface area contributed by atoms with Gasteiger partial charge in [0.1, 0.15) is 0 Å². The molecule has 1 aromatic carbocycles. The number of amides is 2. The van der Waals surface area contributed by atoms with Crippen LogP contribution in [-0.4, -0.2) is 25.7 Å². The van der Waals surface area contributed by atoms with Crippen LogP contribution in [0, 0.1) is 12.8 Å². The molecule has 0 heterocycles. The van der Waals surface area contributed by atoms with Crippen molar-refractivity contribution in [3.63, 3.8) is 0 Å². The maximum Gasteiger partial charge on any atom is 0.319 e. The molecule has 0 fully saturated rings. The summed E-state index contributed by atoms with van der Waals surface area (Å²) in [6.07, 6.45) is 0. The lowest BCUT2D eigenvalue weighted by Crippen LogP contribution is -2.35. The summed E-state index contributed by atoms with van der Waals surface area (Å²) in [5.41, 5.74) is 1.54. The lowest BCUT2D eigenvalue weighted by molar-refractivity contribution is -0.144. The Morgan fingerprint density at radius 3 is 2.74 bits per heavy atom. The Balaban J connectivity index is 2.52. The van der Waals surface area contributed by atoms with Gasteiger partial charge < -0.3 is 15.4 Å². The number of carbonyl (C=O) groups is 2. The third-order valence-electron chi connectivity index (χ3n) is 2.62. The van der Waals surface area contributed by atoms with E-state index in [-0.39, 0.29) is 18.5 Å². The monoisotopic (exact) mass is 284 g/mol. The summed E-state index contributed by atoms with van der Waals surface area (Å²) in [5, 5.41) is 5.82. The smallest absolute Gasteiger partial charge is 0.319 e. The second kappa shape index (κ2) is 6.99. The number of halogens is 1. The quantitative estimate of drug-likeness (QED) is 0.835. The summed E-state index contributed by atoms with van der Waals surface area (Å²) in [7, 11) is 1.31. The summed E-state index contributed by atoms with van der Waals surface area (Å²) in [4.78, 5) is 22.8. The van der Waals surface area contributed by atoms with Gasteiger partial charge in [-0.25, -0.2) is 4.79 Å². The van der Waals surface area contributed by atoms with E-state index in [0.717, 1.165) is 5.56 Å². The Labute approximate surface area is 117 Å². The third kappa shape index (κ3) is 4.79. The van der Waals surface area contributed by atoms with Crippen LogP contribution < -0.4 is 10.6 Å². The fourth-order valence-electron chi connectivity index (χ4n) is 1.43. The van der Waals surface area contributed by atoms with Gasteiger partial charge in [0.2, 0.25) is 0 Å². The van der Waals surface area contributed by atoms with Crippen molar-refractivity contribution in [3.05, 3.63) is 28.8 Å². The van der Waals surface area contributed by atoms with Gasteiger partial charge >= 0.3 is 12.0 Å². The molecule has 0 aliphatic rings. The minimum atomic E-state index is -0.392. The second-order valence-corrected chi connectivity index (χ2v) is 4.65. The molecule has 5 nitrogen and oxygen atoms in total. The number of hydrogen-bond donors (Lipinski definition) is 2. The van der Waals surface area contributed by atoms with Gasteiger partial charge in [-0.1, -0.05) is 24.6 Å². The second-order valence-electron chi connectivity index (χ2n) is 4.22. The number of esters is 1. The zero-order chi connectivity index (χ0) is 14.4. The third-order valence-corrected chi connectivity index (χ3v) is 2.86. The van der Waals surface area contributed by atoms with Crippen molar-refractivity contribution in [2.75, 3.05) is 19.0 Å². The first-order chi connectivity index (χ1) is 8.93. The van der Waals surface area contributed by atoms with E-state index < -0.39 is 5.92 Å². The summed E-state index contributed by atoms with van der Waals surface area (Å²) in [6, 6.07) is 4.84. The summed E-state index contributed by atoms with van der Waals surface area (Å²) in [5.74, 6) is -0.754. The maximum absolute atomic E-state index is 11.7. The molecule has 0 aliphatic carbocycles. The number of anilines is 1. The molecule has 2 amide bonds. The summed E-state index contributed by atoms with van der Waals surface area (Å²) in [6.45, 7) is 3.75. The van der Waals surface area contributed by atoms with E-state index in [9.17, 15) is 9.59 Å². The molecule has 19 heavy (non-hydrogen) atoms. The van der Waals surface area contributed by atoms with Crippen LogP contribution in [0.5, 0.6) is 0 Å². The van der Waals surface area contributed by atoms with Crippen molar-refractivity contribution in [1.29, 1.82) is 0 Å². The van der Waals surface area contributed by atoms with Crippen molar-refractivity contribution in [1.82, 2.24) is 5.32 Å². The molecule has 0 saturated carbocycles. The number of methoxy groups -OCH3 is 1. The van der Waals surface area contributed by atoms with E-state index in [2.05, 4.69) is 15.4 Å². The molecule has 104 valence electrons. The van der Waals surface area contributed by atoms with Gasteiger partial charge in [-0.3, -0.25) is 4.79 Å². The van der Waals surface area contributed by atoms with Gasteiger partial charge in [0, 0.05) is 17.3 Å². The minimum absolute atomic E-state index is 0.206. The predicted molar refractivity (Wildman–Crippen MR) is 74.4 cm³/mol. The van der Waals surface area contributed by atoms with Crippen molar-refractivity contribution in [3.8, 4) is 0 Å². The first-order valence-corrected chi connectivity index (χ1v) is 6.20. The standard InChI is InChI=1S/C13H17ClN2O3/c1-8-4-5-10(14)6-11(8)16-13(18)15-7-9(2)12(17)19-3/h4-6,9H,7H2,1-3H3,(H2,15,16,18)/t9-/m0/s1. The number of aryl methyl sites for hydroxylation is 1. The average molecular weight is 285 g/mol. The molecule has 2 N–H and O–H groups in total. The molecule has 0 aromatic heterocycles. The topological polar surface area (TPSA) is 67.4 Å². The van der Waals surface area contributed by atoms with Crippen molar-refractivity contribution >= 4 is 29.3 Å². The number of benzene rings is 1. The Kier molecular flexibility index (Phi) is 5.63. The molecule has 1 atom stereocenters. The van der Waals surface area contributed by atoms with Crippen molar-refractivity contribution in [2.45, 2.75) is 13.8 Å². The van der Waals surface area contributed by atoms with Gasteiger partial charge in [0.15, 0.2) is 0 Å². The molecule has 1 aromatic rings. The fourth-order valence-corrected chi connectivity index (χ4v) is 1.60. The van der Waals surface area contributed by atoms with Crippen LogP contribution in [0.4, 0.5) is 10.5 Å². The normalized spacial score (nSPS) is 11.6. The average Bonchev–Trinajstić information content (AvgIpc) is 2.39. The molecule has 0 radical (unpaired) electrons. The van der Waals surface area contributed by atoms with Gasteiger partial charge in [-0.05, 0) is 24.6 Å². The van der Waals surface area contributed by atoms with Crippen LogP contribution in [-0.2, 0) is 9.53 Å². The number of ether oxygens (including phenoxy) is 1. The zero-order valence-corrected chi connectivity index (χ0v) is 11.9. The lowest BCUT2D eigenvalue weighted by Gasteiger charge is -2.12. The van der Waals surface area contributed by atoms with Crippen LogP contribution >= 0.6 is 11.6 Å². The molecule has 6 heteroatoms. The first kappa shape index (κ1) is 15.3.